The van der Waals surface area contributed by atoms with Gasteiger partial charge in [-0.1, -0.05) is 0 Å². The van der Waals surface area contributed by atoms with Gasteiger partial charge in [0.15, 0.2) is 0 Å². The number of anilines is 1. The Morgan fingerprint density at radius 1 is 1.22 bits per heavy atom. The van der Waals surface area contributed by atoms with Crippen LogP contribution in [0.2, 0.25) is 0 Å². The SMILES string of the molecule is Cc1cc(-c2ccnc3c2ccn3C)cnc1N. The van der Waals surface area contributed by atoms with Gasteiger partial charge in [0.05, 0.1) is 0 Å². The van der Waals surface area contributed by atoms with E-state index in [4.69, 9.17) is 5.73 Å². The third-order valence-corrected chi connectivity index (χ3v) is 3.20. The van der Waals surface area contributed by atoms with Crippen molar-refractivity contribution in [1.29, 1.82) is 0 Å². The van der Waals surface area contributed by atoms with Crippen molar-refractivity contribution < 1.29 is 0 Å². The van der Waals surface area contributed by atoms with E-state index < -0.39 is 0 Å². The number of fused-ring (bicyclic) bond motifs is 1. The van der Waals surface area contributed by atoms with Crippen LogP contribution in [0.3, 0.4) is 0 Å². The van der Waals surface area contributed by atoms with Crippen molar-refractivity contribution in [1.82, 2.24) is 14.5 Å². The van der Waals surface area contributed by atoms with E-state index >= 15 is 0 Å². The van der Waals surface area contributed by atoms with E-state index in [1.54, 1.807) is 0 Å². The standard InChI is InChI=1S/C14H14N4/c1-9-7-10(8-17-13(9)15)11-3-5-16-14-12(11)4-6-18(14)2/h3-8H,1-2H3,(H2,15,17). The third-order valence-electron chi connectivity index (χ3n) is 3.20. The molecule has 4 nitrogen and oxygen atoms in total. The zero-order valence-corrected chi connectivity index (χ0v) is 10.4. The molecule has 0 amide bonds. The van der Waals surface area contributed by atoms with Gasteiger partial charge in [-0.2, -0.15) is 0 Å². The summed E-state index contributed by atoms with van der Waals surface area (Å²) in [4.78, 5) is 8.60. The van der Waals surface area contributed by atoms with Crippen molar-refractivity contribution in [3.05, 3.63) is 42.4 Å². The molecule has 0 saturated heterocycles. The van der Waals surface area contributed by atoms with Crippen LogP contribution in [0, 0.1) is 6.92 Å². The van der Waals surface area contributed by atoms with Crippen LogP contribution in [-0.2, 0) is 7.05 Å². The lowest BCUT2D eigenvalue weighted by Crippen LogP contribution is -1.94. The monoisotopic (exact) mass is 238 g/mol. The van der Waals surface area contributed by atoms with Crippen LogP contribution in [-0.4, -0.2) is 14.5 Å². The Morgan fingerprint density at radius 3 is 2.83 bits per heavy atom. The highest BCUT2D eigenvalue weighted by Crippen LogP contribution is 2.28. The van der Waals surface area contributed by atoms with Gasteiger partial charge < -0.3 is 10.3 Å². The van der Waals surface area contributed by atoms with Crippen LogP contribution in [0.25, 0.3) is 22.2 Å². The minimum atomic E-state index is 0.581. The number of aryl methyl sites for hydroxylation is 2. The highest BCUT2D eigenvalue weighted by molar-refractivity contribution is 5.93. The minimum absolute atomic E-state index is 0.581. The molecule has 3 aromatic heterocycles. The van der Waals surface area contributed by atoms with Crippen molar-refractivity contribution >= 4 is 16.9 Å². The fraction of sp³-hybridized carbons (Fsp3) is 0.143. The maximum atomic E-state index is 5.76. The zero-order chi connectivity index (χ0) is 12.7. The summed E-state index contributed by atoms with van der Waals surface area (Å²) in [6, 6.07) is 6.14. The van der Waals surface area contributed by atoms with Gasteiger partial charge in [0.1, 0.15) is 11.5 Å². The highest BCUT2D eigenvalue weighted by Gasteiger charge is 2.08. The molecule has 0 atom stereocenters. The van der Waals surface area contributed by atoms with Gasteiger partial charge in [-0.05, 0) is 36.2 Å². The van der Waals surface area contributed by atoms with E-state index in [2.05, 4.69) is 22.1 Å². The number of pyridine rings is 2. The molecule has 0 spiro atoms. The van der Waals surface area contributed by atoms with Crippen LogP contribution in [0.4, 0.5) is 5.82 Å². The largest absolute Gasteiger partial charge is 0.383 e. The maximum absolute atomic E-state index is 5.76. The summed E-state index contributed by atoms with van der Waals surface area (Å²) in [6.07, 6.45) is 5.65. The predicted octanol–water partition coefficient (Wildman–Crippen LogP) is 2.53. The number of nitrogens with zero attached hydrogens (tertiary/aromatic N) is 3. The van der Waals surface area contributed by atoms with Crippen LogP contribution in [0.1, 0.15) is 5.56 Å². The third kappa shape index (κ3) is 1.54. The molecule has 0 bridgehead atoms. The Hall–Kier alpha value is -2.36. The second-order valence-corrected chi connectivity index (χ2v) is 4.45. The van der Waals surface area contributed by atoms with E-state index in [0.717, 1.165) is 27.7 Å². The number of rotatable bonds is 1. The van der Waals surface area contributed by atoms with E-state index in [-0.39, 0.29) is 0 Å². The van der Waals surface area contributed by atoms with Gasteiger partial charge in [-0.3, -0.25) is 0 Å². The zero-order valence-electron chi connectivity index (χ0n) is 10.4. The molecule has 0 radical (unpaired) electrons. The average Bonchev–Trinajstić information content (AvgIpc) is 2.75. The van der Waals surface area contributed by atoms with Gasteiger partial charge in [0.2, 0.25) is 0 Å². The number of nitrogens with two attached hydrogens (primary N) is 1. The highest BCUT2D eigenvalue weighted by atomic mass is 15.0. The Balaban J connectivity index is 2.28. The van der Waals surface area contributed by atoms with Gasteiger partial charge in [-0.15, -0.1) is 0 Å². The quantitative estimate of drug-likeness (QED) is 0.708. The van der Waals surface area contributed by atoms with Crippen LogP contribution in [0.15, 0.2) is 36.8 Å². The first kappa shape index (κ1) is 10.8. The molecular weight excluding hydrogens is 224 g/mol. The van der Waals surface area contributed by atoms with E-state index in [1.165, 1.54) is 0 Å². The molecule has 3 aromatic rings. The fourth-order valence-electron chi connectivity index (χ4n) is 2.15. The van der Waals surface area contributed by atoms with Crippen LogP contribution in [0.5, 0.6) is 0 Å². The first-order chi connectivity index (χ1) is 8.66. The maximum Gasteiger partial charge on any atom is 0.140 e. The van der Waals surface area contributed by atoms with Crippen molar-refractivity contribution in [2.75, 3.05) is 5.73 Å². The molecule has 0 saturated carbocycles. The Morgan fingerprint density at radius 2 is 2.06 bits per heavy atom. The first-order valence-electron chi connectivity index (χ1n) is 5.79. The molecule has 18 heavy (non-hydrogen) atoms. The smallest absolute Gasteiger partial charge is 0.140 e. The normalized spacial score (nSPS) is 11.0. The molecule has 2 N–H and O–H groups in total. The van der Waals surface area contributed by atoms with E-state index in [1.807, 2.05) is 43.2 Å². The molecular formula is C14H14N4. The molecule has 0 aliphatic heterocycles. The lowest BCUT2D eigenvalue weighted by atomic mass is 10.0. The van der Waals surface area contributed by atoms with Gasteiger partial charge in [0.25, 0.3) is 0 Å². The predicted molar refractivity (Wildman–Crippen MR) is 73.1 cm³/mol. The number of nitrogen functional groups attached to an aromatic ring is 1. The summed E-state index contributed by atoms with van der Waals surface area (Å²) in [7, 11) is 1.99. The average molecular weight is 238 g/mol. The van der Waals surface area contributed by atoms with Crippen molar-refractivity contribution in [3.63, 3.8) is 0 Å². The summed E-state index contributed by atoms with van der Waals surface area (Å²) in [5, 5.41) is 1.13. The van der Waals surface area contributed by atoms with Crippen molar-refractivity contribution in [2.24, 2.45) is 7.05 Å². The van der Waals surface area contributed by atoms with Crippen molar-refractivity contribution in [2.45, 2.75) is 6.92 Å². The van der Waals surface area contributed by atoms with Gasteiger partial charge in [-0.25, -0.2) is 9.97 Å². The Kier molecular flexibility index (Phi) is 2.30. The van der Waals surface area contributed by atoms with E-state index in [0.29, 0.717) is 5.82 Å². The number of hydrogen-bond acceptors (Lipinski definition) is 3. The summed E-state index contributed by atoms with van der Waals surface area (Å²) < 4.78 is 2.01. The summed E-state index contributed by atoms with van der Waals surface area (Å²) in [5.41, 5.74) is 9.93. The second kappa shape index (κ2) is 3.84. The van der Waals surface area contributed by atoms with Crippen LogP contribution >= 0.6 is 0 Å². The second-order valence-electron chi connectivity index (χ2n) is 4.45. The number of hydrogen-bond donors (Lipinski definition) is 1. The molecule has 0 aliphatic rings. The molecule has 0 fully saturated rings. The molecule has 0 unspecified atom stereocenters. The molecule has 90 valence electrons. The Bertz CT molecular complexity index is 728. The van der Waals surface area contributed by atoms with Crippen molar-refractivity contribution in [3.8, 4) is 11.1 Å². The number of aromatic nitrogens is 3. The molecule has 3 rings (SSSR count). The molecule has 0 aliphatic carbocycles. The van der Waals surface area contributed by atoms with Gasteiger partial charge in [0, 0.05) is 36.6 Å². The summed E-state index contributed by atoms with van der Waals surface area (Å²) in [5.74, 6) is 0.581. The summed E-state index contributed by atoms with van der Waals surface area (Å²) in [6.45, 7) is 1.97. The fourth-order valence-corrected chi connectivity index (χ4v) is 2.15. The Labute approximate surface area is 105 Å². The van der Waals surface area contributed by atoms with E-state index in [9.17, 15) is 0 Å². The topological polar surface area (TPSA) is 56.7 Å². The molecule has 3 heterocycles. The summed E-state index contributed by atoms with van der Waals surface area (Å²) >= 11 is 0. The van der Waals surface area contributed by atoms with Crippen LogP contribution < -0.4 is 5.73 Å². The lowest BCUT2D eigenvalue weighted by Gasteiger charge is -2.06. The molecule has 0 aromatic carbocycles. The minimum Gasteiger partial charge on any atom is -0.383 e. The van der Waals surface area contributed by atoms with Gasteiger partial charge >= 0.3 is 0 Å². The lowest BCUT2D eigenvalue weighted by molar-refractivity contribution is 0.949. The first-order valence-corrected chi connectivity index (χ1v) is 5.79. The molecule has 4 heteroatoms.